The highest BCUT2D eigenvalue weighted by Gasteiger charge is 2.17. The van der Waals surface area contributed by atoms with E-state index in [4.69, 9.17) is 0 Å². The van der Waals surface area contributed by atoms with Gasteiger partial charge in [-0.05, 0) is 18.6 Å². The van der Waals surface area contributed by atoms with E-state index in [1.54, 1.807) is 17.0 Å². The summed E-state index contributed by atoms with van der Waals surface area (Å²) in [5.41, 5.74) is 1.88. The molecule has 0 atom stereocenters. The zero-order valence-electron chi connectivity index (χ0n) is 9.32. The molecule has 16 heavy (non-hydrogen) atoms. The van der Waals surface area contributed by atoms with Gasteiger partial charge in [-0.1, -0.05) is 18.2 Å². The predicted molar refractivity (Wildman–Crippen MR) is 61.1 cm³/mol. The summed E-state index contributed by atoms with van der Waals surface area (Å²) in [5, 5.41) is 2.86. The third-order valence-corrected chi connectivity index (χ3v) is 2.48. The van der Waals surface area contributed by atoms with Crippen molar-refractivity contribution in [1.29, 1.82) is 0 Å². The lowest BCUT2D eigenvalue weighted by Crippen LogP contribution is -2.35. The summed E-state index contributed by atoms with van der Waals surface area (Å²) < 4.78 is 1.74. The molecule has 0 aliphatic heterocycles. The van der Waals surface area contributed by atoms with Gasteiger partial charge in [0.2, 0.25) is 0 Å². The van der Waals surface area contributed by atoms with Gasteiger partial charge >= 0.3 is 11.7 Å². The van der Waals surface area contributed by atoms with Crippen LogP contribution in [-0.2, 0) is 7.05 Å². The molecule has 0 saturated carbocycles. The molecule has 2 N–H and O–H groups in total. The molecule has 0 bridgehead atoms. The molecule has 0 unspecified atom stereocenters. The van der Waals surface area contributed by atoms with Crippen molar-refractivity contribution in [2.75, 3.05) is 5.32 Å². The van der Waals surface area contributed by atoms with Crippen LogP contribution in [-0.4, -0.2) is 10.9 Å². The quantitative estimate of drug-likeness (QED) is 0.732. The van der Waals surface area contributed by atoms with Crippen molar-refractivity contribution >= 4 is 11.6 Å². The van der Waals surface area contributed by atoms with Crippen molar-refractivity contribution in [3.63, 3.8) is 0 Å². The van der Waals surface area contributed by atoms with E-state index in [1.807, 2.05) is 38.2 Å². The fraction of sp³-hybridized carbons (Fsp3) is 0.167. The molecule has 82 valence electrons. The minimum absolute atomic E-state index is 0.137. The molecule has 0 aliphatic carbocycles. The average Bonchev–Trinajstić information content (AvgIpc) is 2.68. The molecule has 0 saturated heterocycles. The van der Waals surface area contributed by atoms with Crippen LogP contribution in [0.2, 0.25) is 0 Å². The summed E-state index contributed by atoms with van der Waals surface area (Å²) in [6.45, 7) is 1.96. The number of aromatic amines is 1. The van der Waals surface area contributed by atoms with E-state index in [0.29, 0.717) is 5.82 Å². The van der Waals surface area contributed by atoms with Crippen LogP contribution in [0, 0.1) is 6.92 Å². The summed E-state index contributed by atoms with van der Waals surface area (Å²) in [6.07, 6.45) is 3.53. The first kappa shape index (κ1) is 10.4. The highest BCUT2D eigenvalue weighted by molar-refractivity contribution is 6.00. The van der Waals surface area contributed by atoms with E-state index in [1.165, 1.54) is 0 Å². The van der Waals surface area contributed by atoms with Gasteiger partial charge in [0, 0.05) is 5.69 Å². The van der Waals surface area contributed by atoms with Gasteiger partial charge in [-0.25, -0.2) is 9.55 Å². The van der Waals surface area contributed by atoms with E-state index < -0.39 is 0 Å². The Morgan fingerprint density at radius 1 is 1.38 bits per heavy atom. The van der Waals surface area contributed by atoms with Gasteiger partial charge in [-0.15, -0.1) is 0 Å². The SMILES string of the molecule is Cc1ccccc1NC(=O)c1[nH]cc[n+]1C. The monoisotopic (exact) mass is 216 g/mol. The first-order valence-corrected chi connectivity index (χ1v) is 5.08. The number of imidazole rings is 1. The van der Waals surface area contributed by atoms with Crippen LogP contribution < -0.4 is 9.88 Å². The maximum Gasteiger partial charge on any atom is 0.345 e. The Morgan fingerprint density at radius 2 is 2.12 bits per heavy atom. The van der Waals surface area contributed by atoms with Gasteiger partial charge in [0.1, 0.15) is 12.4 Å². The summed E-state index contributed by atoms with van der Waals surface area (Å²) in [4.78, 5) is 14.8. The second kappa shape index (κ2) is 4.18. The smallest absolute Gasteiger partial charge is 0.315 e. The van der Waals surface area contributed by atoms with Gasteiger partial charge in [0.05, 0.1) is 7.05 Å². The number of carbonyl (C=O) groups is 1. The highest BCUT2D eigenvalue weighted by atomic mass is 16.2. The number of H-pyrrole nitrogens is 1. The molecular weight excluding hydrogens is 202 g/mol. The molecule has 0 aliphatic rings. The molecule has 2 aromatic rings. The number of aromatic nitrogens is 2. The zero-order valence-corrected chi connectivity index (χ0v) is 9.32. The number of carbonyl (C=O) groups excluding carboxylic acids is 1. The van der Waals surface area contributed by atoms with E-state index in [-0.39, 0.29) is 5.91 Å². The number of hydrogen-bond acceptors (Lipinski definition) is 1. The first-order chi connectivity index (χ1) is 7.68. The fourth-order valence-corrected chi connectivity index (χ4v) is 1.52. The van der Waals surface area contributed by atoms with Crippen molar-refractivity contribution < 1.29 is 9.36 Å². The first-order valence-electron chi connectivity index (χ1n) is 5.08. The second-order valence-electron chi connectivity index (χ2n) is 3.69. The number of rotatable bonds is 2. The Morgan fingerprint density at radius 3 is 2.75 bits per heavy atom. The van der Waals surface area contributed by atoms with E-state index >= 15 is 0 Å². The topological polar surface area (TPSA) is 48.8 Å². The van der Waals surface area contributed by atoms with Crippen molar-refractivity contribution in [1.82, 2.24) is 4.98 Å². The van der Waals surface area contributed by atoms with Crippen molar-refractivity contribution in [2.45, 2.75) is 6.92 Å². The minimum atomic E-state index is -0.137. The van der Waals surface area contributed by atoms with E-state index in [0.717, 1.165) is 11.3 Å². The zero-order chi connectivity index (χ0) is 11.5. The third kappa shape index (κ3) is 1.95. The lowest BCUT2D eigenvalue weighted by atomic mass is 10.2. The van der Waals surface area contributed by atoms with Gasteiger partial charge in [-0.3, -0.25) is 4.79 Å². The maximum absolute atomic E-state index is 11.9. The number of para-hydroxylation sites is 1. The molecule has 0 spiro atoms. The number of amides is 1. The van der Waals surface area contributed by atoms with Crippen LogP contribution in [0.5, 0.6) is 0 Å². The molecule has 1 amide bonds. The van der Waals surface area contributed by atoms with Crippen molar-refractivity contribution in [3.8, 4) is 0 Å². The lowest BCUT2D eigenvalue weighted by Gasteiger charge is -2.05. The number of hydrogen-bond donors (Lipinski definition) is 2. The molecule has 4 heteroatoms. The van der Waals surface area contributed by atoms with Crippen molar-refractivity contribution in [3.05, 3.63) is 48.0 Å². The van der Waals surface area contributed by atoms with Gasteiger partial charge < -0.3 is 5.32 Å². The van der Waals surface area contributed by atoms with Crippen molar-refractivity contribution in [2.24, 2.45) is 7.05 Å². The Labute approximate surface area is 93.9 Å². The molecule has 4 nitrogen and oxygen atoms in total. The van der Waals surface area contributed by atoms with E-state index in [2.05, 4.69) is 10.3 Å². The van der Waals surface area contributed by atoms with Gasteiger partial charge in [0.25, 0.3) is 0 Å². The summed E-state index contributed by atoms with van der Waals surface area (Å²) in [7, 11) is 1.82. The normalized spacial score (nSPS) is 10.1. The molecule has 0 fully saturated rings. The largest absolute Gasteiger partial charge is 0.345 e. The summed E-state index contributed by atoms with van der Waals surface area (Å²) >= 11 is 0. The van der Waals surface area contributed by atoms with Crippen LogP contribution in [0.1, 0.15) is 16.2 Å². The lowest BCUT2D eigenvalue weighted by molar-refractivity contribution is -0.671. The molecule has 2 rings (SSSR count). The third-order valence-electron chi connectivity index (χ3n) is 2.48. The molecule has 1 heterocycles. The molecule has 1 aromatic carbocycles. The predicted octanol–water partition coefficient (Wildman–Crippen LogP) is 1.40. The number of benzene rings is 1. The van der Waals surface area contributed by atoms with Crippen LogP contribution in [0.3, 0.4) is 0 Å². The number of anilines is 1. The Kier molecular flexibility index (Phi) is 2.72. The highest BCUT2D eigenvalue weighted by Crippen LogP contribution is 2.13. The molecule has 1 aromatic heterocycles. The van der Waals surface area contributed by atoms with E-state index in [9.17, 15) is 4.79 Å². The maximum atomic E-state index is 11.9. The van der Waals surface area contributed by atoms with Crippen LogP contribution in [0.25, 0.3) is 0 Å². The van der Waals surface area contributed by atoms with Gasteiger partial charge in [-0.2, -0.15) is 0 Å². The molecular formula is C12H14N3O+. The second-order valence-corrected chi connectivity index (χ2v) is 3.69. The van der Waals surface area contributed by atoms with Crippen LogP contribution in [0.15, 0.2) is 36.7 Å². The average molecular weight is 216 g/mol. The summed E-state index contributed by atoms with van der Waals surface area (Å²) in [5.74, 6) is 0.394. The number of nitrogens with zero attached hydrogens (tertiary/aromatic N) is 1. The summed E-state index contributed by atoms with van der Waals surface area (Å²) in [6, 6.07) is 7.69. The number of nitrogens with one attached hydrogen (secondary N) is 2. The fourth-order valence-electron chi connectivity index (χ4n) is 1.52. The molecule has 0 radical (unpaired) electrons. The number of aryl methyl sites for hydroxylation is 2. The van der Waals surface area contributed by atoms with Gasteiger partial charge in [0.15, 0.2) is 0 Å². The van der Waals surface area contributed by atoms with Crippen LogP contribution in [0.4, 0.5) is 5.69 Å². The standard InChI is InChI=1S/C12H13N3O/c1-9-5-3-4-6-10(9)14-12(16)11-13-7-8-15(11)2/h3-8H,1-2H3,(H,14,16)/p+1. The Bertz CT molecular complexity index is 516. The Balaban J connectivity index is 2.21. The Hall–Kier alpha value is -2.10. The van der Waals surface area contributed by atoms with Crippen LogP contribution >= 0.6 is 0 Å². The minimum Gasteiger partial charge on any atom is -0.315 e.